The second-order valence-corrected chi connectivity index (χ2v) is 12.9. The molecule has 4 rings (SSSR count). The molecule has 0 saturated carbocycles. The molecule has 2 aliphatic heterocycles. The van der Waals surface area contributed by atoms with Crippen LogP contribution >= 0.6 is 0 Å². The number of aryl methyl sites for hydroxylation is 1. The van der Waals surface area contributed by atoms with Crippen molar-refractivity contribution >= 4 is 17.5 Å². The highest BCUT2D eigenvalue weighted by Gasteiger charge is 2.34. The number of unbranched alkanes of at least 4 members (excludes halogenated alkanes) is 4. The molecule has 47 heavy (non-hydrogen) atoms. The Bertz CT molecular complexity index is 1240. The number of likely N-dealkylation sites (tertiary alicyclic amines) is 1. The number of para-hydroxylation sites is 1. The van der Waals surface area contributed by atoms with Gasteiger partial charge in [0.25, 0.3) is 5.91 Å². The molecule has 0 N–H and O–H groups in total. The Labute approximate surface area is 284 Å². The fourth-order valence-corrected chi connectivity index (χ4v) is 6.92. The highest BCUT2D eigenvalue weighted by atomic mass is 16.5. The van der Waals surface area contributed by atoms with Crippen LogP contribution < -0.4 is 14.4 Å². The molecule has 0 bridgehead atoms. The van der Waals surface area contributed by atoms with Gasteiger partial charge < -0.3 is 29.1 Å². The maximum atomic E-state index is 13.9. The predicted molar refractivity (Wildman–Crippen MR) is 192 cm³/mol. The first-order chi connectivity index (χ1) is 23.0. The zero-order valence-corrected chi connectivity index (χ0v) is 29.7. The topological polar surface area (TPSA) is 65.6 Å². The summed E-state index contributed by atoms with van der Waals surface area (Å²) < 4.78 is 12.5. The molecular weight excluding hydrogens is 588 g/mol. The summed E-state index contributed by atoms with van der Waals surface area (Å²) in [5.74, 6) is 1.55. The van der Waals surface area contributed by atoms with Crippen LogP contribution in [0.4, 0.5) is 5.69 Å². The number of carbonyl (C=O) groups is 2. The maximum Gasteiger partial charge on any atom is 0.257 e. The standard InChI is InChI=1S/C39H60N4O4/c1-5-40(6-2)25-13-9-15-29-46-34-20-21-35(37(31-34)47-30-16-10-14-26-41(7-3)8-4)39(45)42-27-23-33(24-28-42)43-36-18-12-11-17-32(36)19-22-38(43)44/h11-12,17-18,20-21,31,33H,5-10,13-16,19,22-30H2,1-4H3. The molecule has 1 saturated heterocycles. The minimum absolute atomic E-state index is 0.00620. The third-order valence-corrected chi connectivity index (χ3v) is 9.98. The number of hydrogen-bond donors (Lipinski definition) is 0. The van der Waals surface area contributed by atoms with Crippen LogP contribution in [0.2, 0.25) is 0 Å². The Hall–Kier alpha value is -3.10. The third-order valence-electron chi connectivity index (χ3n) is 9.98. The first kappa shape index (κ1) is 36.7. The van der Waals surface area contributed by atoms with E-state index in [1.807, 2.05) is 40.1 Å². The lowest BCUT2D eigenvalue weighted by Crippen LogP contribution is -2.50. The van der Waals surface area contributed by atoms with Crippen molar-refractivity contribution in [1.82, 2.24) is 14.7 Å². The van der Waals surface area contributed by atoms with E-state index in [0.29, 0.717) is 44.0 Å². The Balaban J connectivity index is 1.35. The van der Waals surface area contributed by atoms with E-state index in [4.69, 9.17) is 9.47 Å². The SMILES string of the molecule is CCN(CC)CCCCCOc1ccc(C(=O)N2CCC(N3C(=O)CCc4ccccc43)CC2)c(OCCCCCN(CC)CC)c1. The first-order valence-corrected chi connectivity index (χ1v) is 18.5. The summed E-state index contributed by atoms with van der Waals surface area (Å²) in [5, 5.41) is 0. The fourth-order valence-electron chi connectivity index (χ4n) is 6.92. The maximum absolute atomic E-state index is 13.9. The van der Waals surface area contributed by atoms with Crippen molar-refractivity contribution in [1.29, 1.82) is 0 Å². The number of carbonyl (C=O) groups excluding carboxylic acids is 2. The lowest BCUT2D eigenvalue weighted by molar-refractivity contribution is -0.119. The number of nitrogens with zero attached hydrogens (tertiary/aromatic N) is 4. The number of ether oxygens (including phenoxy) is 2. The molecule has 2 aromatic carbocycles. The molecule has 0 atom stereocenters. The average Bonchev–Trinajstić information content (AvgIpc) is 3.11. The van der Waals surface area contributed by atoms with Gasteiger partial charge in [-0.1, -0.05) is 45.9 Å². The van der Waals surface area contributed by atoms with Crippen LogP contribution in [0.15, 0.2) is 42.5 Å². The zero-order chi connectivity index (χ0) is 33.4. The van der Waals surface area contributed by atoms with Gasteiger partial charge >= 0.3 is 0 Å². The minimum atomic E-state index is -0.00620. The smallest absolute Gasteiger partial charge is 0.257 e. The van der Waals surface area contributed by atoms with Crippen LogP contribution in [0, 0.1) is 0 Å². The number of anilines is 1. The summed E-state index contributed by atoms with van der Waals surface area (Å²) in [5.41, 5.74) is 2.88. The Morgan fingerprint density at radius 3 is 2.02 bits per heavy atom. The van der Waals surface area contributed by atoms with Crippen molar-refractivity contribution in [3.05, 3.63) is 53.6 Å². The number of fused-ring (bicyclic) bond motifs is 1. The molecule has 1 fully saturated rings. The zero-order valence-electron chi connectivity index (χ0n) is 29.7. The van der Waals surface area contributed by atoms with Gasteiger partial charge in [0.05, 0.1) is 18.8 Å². The second kappa shape index (κ2) is 19.7. The van der Waals surface area contributed by atoms with E-state index in [0.717, 1.165) is 102 Å². The van der Waals surface area contributed by atoms with Gasteiger partial charge in [-0.3, -0.25) is 9.59 Å². The summed E-state index contributed by atoms with van der Waals surface area (Å²) in [7, 11) is 0. The molecule has 260 valence electrons. The highest BCUT2D eigenvalue weighted by molar-refractivity contribution is 5.98. The van der Waals surface area contributed by atoms with E-state index in [2.05, 4.69) is 49.6 Å². The van der Waals surface area contributed by atoms with Gasteiger partial charge in [-0.25, -0.2) is 0 Å². The molecule has 0 spiro atoms. The number of hydrogen-bond acceptors (Lipinski definition) is 6. The molecule has 0 aliphatic carbocycles. The van der Waals surface area contributed by atoms with Gasteiger partial charge in [-0.05, 0) is 121 Å². The Morgan fingerprint density at radius 2 is 1.38 bits per heavy atom. The van der Waals surface area contributed by atoms with Gasteiger partial charge in [0, 0.05) is 37.3 Å². The van der Waals surface area contributed by atoms with Crippen molar-refractivity contribution in [3.63, 3.8) is 0 Å². The molecule has 0 radical (unpaired) electrons. The molecule has 8 heteroatoms. The Kier molecular flexibility index (Phi) is 15.4. The monoisotopic (exact) mass is 648 g/mol. The predicted octanol–water partition coefficient (Wildman–Crippen LogP) is 7.05. The lowest BCUT2D eigenvalue weighted by atomic mass is 9.95. The molecule has 2 aliphatic rings. The van der Waals surface area contributed by atoms with E-state index in [-0.39, 0.29) is 17.9 Å². The summed E-state index contributed by atoms with van der Waals surface area (Å²) in [6.07, 6.45) is 9.39. The summed E-state index contributed by atoms with van der Waals surface area (Å²) in [4.78, 5) is 35.7. The minimum Gasteiger partial charge on any atom is -0.493 e. The van der Waals surface area contributed by atoms with Crippen molar-refractivity contribution in [2.45, 2.75) is 97.9 Å². The van der Waals surface area contributed by atoms with Crippen molar-refractivity contribution in [2.75, 3.05) is 70.5 Å². The van der Waals surface area contributed by atoms with Crippen molar-refractivity contribution in [2.24, 2.45) is 0 Å². The van der Waals surface area contributed by atoms with Gasteiger partial charge in [0.1, 0.15) is 11.5 Å². The molecule has 0 aromatic heterocycles. The second-order valence-electron chi connectivity index (χ2n) is 12.9. The van der Waals surface area contributed by atoms with E-state index in [1.54, 1.807) is 0 Å². The molecule has 2 aromatic rings. The summed E-state index contributed by atoms with van der Waals surface area (Å²) in [6, 6.07) is 14.1. The number of amides is 2. The molecule has 2 heterocycles. The van der Waals surface area contributed by atoms with Crippen LogP contribution in [-0.4, -0.2) is 98.1 Å². The van der Waals surface area contributed by atoms with Crippen LogP contribution in [0.1, 0.15) is 101 Å². The van der Waals surface area contributed by atoms with Crippen LogP contribution in [-0.2, 0) is 11.2 Å². The first-order valence-electron chi connectivity index (χ1n) is 18.5. The van der Waals surface area contributed by atoms with E-state index in [9.17, 15) is 9.59 Å². The van der Waals surface area contributed by atoms with Gasteiger partial charge in [-0.15, -0.1) is 0 Å². The van der Waals surface area contributed by atoms with Crippen LogP contribution in [0.25, 0.3) is 0 Å². The lowest BCUT2D eigenvalue weighted by Gasteiger charge is -2.41. The van der Waals surface area contributed by atoms with E-state index in [1.165, 1.54) is 12.0 Å². The third kappa shape index (κ3) is 10.7. The normalized spacial score (nSPS) is 15.4. The number of benzene rings is 2. The Morgan fingerprint density at radius 1 is 0.766 bits per heavy atom. The molecule has 2 amide bonds. The quantitative estimate of drug-likeness (QED) is 0.143. The summed E-state index contributed by atoms with van der Waals surface area (Å²) in [6.45, 7) is 17.9. The van der Waals surface area contributed by atoms with E-state index < -0.39 is 0 Å². The van der Waals surface area contributed by atoms with Crippen molar-refractivity contribution in [3.8, 4) is 11.5 Å². The molecule has 8 nitrogen and oxygen atoms in total. The molecule has 0 unspecified atom stereocenters. The fraction of sp³-hybridized carbons (Fsp3) is 0.641. The largest absolute Gasteiger partial charge is 0.493 e. The van der Waals surface area contributed by atoms with Gasteiger partial charge in [-0.2, -0.15) is 0 Å². The average molecular weight is 649 g/mol. The number of piperidine rings is 1. The van der Waals surface area contributed by atoms with Gasteiger partial charge in [0.2, 0.25) is 5.91 Å². The molecular formula is C39H60N4O4. The highest BCUT2D eigenvalue weighted by Crippen LogP contribution is 2.33. The number of rotatable bonds is 20. The van der Waals surface area contributed by atoms with Gasteiger partial charge in [0.15, 0.2) is 0 Å². The summed E-state index contributed by atoms with van der Waals surface area (Å²) >= 11 is 0. The van der Waals surface area contributed by atoms with Crippen LogP contribution in [0.3, 0.4) is 0 Å². The van der Waals surface area contributed by atoms with Crippen molar-refractivity contribution < 1.29 is 19.1 Å². The van der Waals surface area contributed by atoms with Crippen LogP contribution in [0.5, 0.6) is 11.5 Å². The van der Waals surface area contributed by atoms with E-state index >= 15 is 0 Å².